The molecule has 0 bridgehead atoms. The zero-order valence-corrected chi connectivity index (χ0v) is 12.9. The number of benzene rings is 1. The number of nitrogens with zero attached hydrogens (tertiary/aromatic N) is 1. The smallest absolute Gasteiger partial charge is 0.258 e. The second-order valence-electron chi connectivity index (χ2n) is 4.54. The SMILES string of the molecule is CCOc1ccnc(Cl)c1C(=O)NCCc1ccc(F)cc1. The first-order chi connectivity index (χ1) is 10.6. The molecule has 1 heterocycles. The van der Waals surface area contributed by atoms with Gasteiger partial charge in [0.1, 0.15) is 22.3 Å². The summed E-state index contributed by atoms with van der Waals surface area (Å²) in [5, 5.41) is 2.87. The highest BCUT2D eigenvalue weighted by atomic mass is 35.5. The molecule has 0 unspecified atom stereocenters. The van der Waals surface area contributed by atoms with Crippen LogP contribution < -0.4 is 10.1 Å². The lowest BCUT2D eigenvalue weighted by Gasteiger charge is -2.11. The highest BCUT2D eigenvalue weighted by Gasteiger charge is 2.17. The van der Waals surface area contributed by atoms with Crippen LogP contribution in [-0.2, 0) is 6.42 Å². The predicted molar refractivity (Wildman–Crippen MR) is 82.9 cm³/mol. The molecule has 0 fully saturated rings. The van der Waals surface area contributed by atoms with Gasteiger partial charge in [-0.3, -0.25) is 4.79 Å². The number of nitrogens with one attached hydrogen (secondary N) is 1. The van der Waals surface area contributed by atoms with E-state index in [9.17, 15) is 9.18 Å². The van der Waals surface area contributed by atoms with E-state index in [2.05, 4.69) is 10.3 Å². The maximum atomic E-state index is 12.8. The first-order valence-corrected chi connectivity index (χ1v) is 7.29. The van der Waals surface area contributed by atoms with Crippen LogP contribution in [0, 0.1) is 5.82 Å². The molecule has 116 valence electrons. The van der Waals surface area contributed by atoms with Gasteiger partial charge >= 0.3 is 0 Å². The van der Waals surface area contributed by atoms with Crippen LogP contribution >= 0.6 is 11.6 Å². The van der Waals surface area contributed by atoms with Crippen LogP contribution in [0.1, 0.15) is 22.8 Å². The summed E-state index contributed by atoms with van der Waals surface area (Å²) in [5.74, 6) is -0.221. The molecule has 0 aliphatic rings. The van der Waals surface area contributed by atoms with Crippen LogP contribution in [-0.4, -0.2) is 24.0 Å². The Hall–Kier alpha value is -2.14. The van der Waals surface area contributed by atoms with Gasteiger partial charge in [0.05, 0.1) is 6.61 Å². The number of hydrogen-bond acceptors (Lipinski definition) is 3. The van der Waals surface area contributed by atoms with Crippen molar-refractivity contribution in [3.63, 3.8) is 0 Å². The quantitative estimate of drug-likeness (QED) is 0.831. The molecule has 1 aromatic carbocycles. The molecule has 6 heteroatoms. The van der Waals surface area contributed by atoms with Crippen LogP contribution in [0.3, 0.4) is 0 Å². The monoisotopic (exact) mass is 322 g/mol. The Kier molecular flexibility index (Phi) is 5.72. The lowest BCUT2D eigenvalue weighted by Crippen LogP contribution is -2.26. The molecule has 0 aliphatic heterocycles. The second-order valence-corrected chi connectivity index (χ2v) is 4.90. The van der Waals surface area contributed by atoms with E-state index in [-0.39, 0.29) is 22.4 Å². The summed E-state index contributed by atoms with van der Waals surface area (Å²) in [7, 11) is 0. The summed E-state index contributed by atoms with van der Waals surface area (Å²) >= 11 is 5.98. The fourth-order valence-corrected chi connectivity index (χ4v) is 2.20. The number of halogens is 2. The molecule has 0 spiro atoms. The molecule has 1 N–H and O–H groups in total. The van der Waals surface area contributed by atoms with E-state index in [1.165, 1.54) is 18.3 Å². The number of pyridine rings is 1. The number of hydrogen-bond donors (Lipinski definition) is 1. The summed E-state index contributed by atoms with van der Waals surface area (Å²) in [4.78, 5) is 16.1. The third-order valence-corrected chi connectivity index (χ3v) is 3.29. The largest absolute Gasteiger partial charge is 0.493 e. The van der Waals surface area contributed by atoms with Crippen molar-refractivity contribution >= 4 is 17.5 Å². The highest BCUT2D eigenvalue weighted by Crippen LogP contribution is 2.24. The van der Waals surface area contributed by atoms with Crippen LogP contribution in [0.2, 0.25) is 5.15 Å². The zero-order chi connectivity index (χ0) is 15.9. The second kappa shape index (κ2) is 7.75. The van der Waals surface area contributed by atoms with Gasteiger partial charge in [-0.25, -0.2) is 9.37 Å². The molecule has 0 saturated carbocycles. The van der Waals surface area contributed by atoms with Crippen LogP contribution in [0.25, 0.3) is 0 Å². The summed E-state index contributed by atoms with van der Waals surface area (Å²) in [6.45, 7) is 2.65. The van der Waals surface area contributed by atoms with Gasteiger partial charge in [0.15, 0.2) is 0 Å². The number of carbonyl (C=O) groups excluding carboxylic acids is 1. The molecule has 2 aromatic rings. The molecule has 0 radical (unpaired) electrons. The molecule has 1 aromatic heterocycles. The summed E-state index contributed by atoms with van der Waals surface area (Å²) in [6.07, 6.45) is 2.08. The van der Waals surface area contributed by atoms with Gasteiger partial charge in [-0.05, 0) is 37.1 Å². The summed E-state index contributed by atoms with van der Waals surface area (Å²) in [5.41, 5.74) is 1.16. The highest BCUT2D eigenvalue weighted by molar-refractivity contribution is 6.33. The molecule has 4 nitrogen and oxygen atoms in total. The normalized spacial score (nSPS) is 10.3. The minimum Gasteiger partial charge on any atom is -0.493 e. The zero-order valence-electron chi connectivity index (χ0n) is 12.1. The first kappa shape index (κ1) is 16.2. The average Bonchev–Trinajstić information content (AvgIpc) is 2.49. The van der Waals surface area contributed by atoms with Crippen molar-refractivity contribution in [2.45, 2.75) is 13.3 Å². The standard InChI is InChI=1S/C16H16ClFN2O2/c1-2-22-13-8-10-19-15(17)14(13)16(21)20-9-7-11-3-5-12(18)6-4-11/h3-6,8,10H,2,7,9H2,1H3,(H,20,21). The van der Waals surface area contributed by atoms with Crippen molar-refractivity contribution < 1.29 is 13.9 Å². The Morgan fingerprint density at radius 2 is 2.05 bits per heavy atom. The minimum atomic E-state index is -0.344. The number of ether oxygens (including phenoxy) is 1. The topological polar surface area (TPSA) is 51.2 Å². The minimum absolute atomic E-state index is 0.102. The lowest BCUT2D eigenvalue weighted by molar-refractivity contribution is 0.0950. The fraction of sp³-hybridized carbons (Fsp3) is 0.250. The van der Waals surface area contributed by atoms with Crippen molar-refractivity contribution in [3.8, 4) is 5.75 Å². The van der Waals surface area contributed by atoms with E-state index in [4.69, 9.17) is 16.3 Å². The fourth-order valence-electron chi connectivity index (χ4n) is 1.96. The summed E-state index contributed by atoms with van der Waals surface area (Å²) < 4.78 is 18.2. The molecule has 0 aliphatic carbocycles. The van der Waals surface area contributed by atoms with Crippen molar-refractivity contribution in [1.82, 2.24) is 10.3 Å². The summed E-state index contributed by atoms with van der Waals surface area (Å²) in [6, 6.07) is 7.75. The van der Waals surface area contributed by atoms with Gasteiger partial charge in [-0.1, -0.05) is 23.7 Å². The van der Waals surface area contributed by atoms with E-state index < -0.39 is 0 Å². The van der Waals surface area contributed by atoms with E-state index in [0.29, 0.717) is 25.3 Å². The van der Waals surface area contributed by atoms with Gasteiger partial charge in [-0.15, -0.1) is 0 Å². The van der Waals surface area contributed by atoms with Crippen LogP contribution in [0.4, 0.5) is 4.39 Å². The van der Waals surface area contributed by atoms with Gasteiger partial charge in [0.2, 0.25) is 0 Å². The van der Waals surface area contributed by atoms with E-state index >= 15 is 0 Å². The lowest BCUT2D eigenvalue weighted by atomic mass is 10.1. The number of rotatable bonds is 6. The van der Waals surface area contributed by atoms with Crippen LogP contribution in [0.15, 0.2) is 36.5 Å². The number of carbonyl (C=O) groups is 1. The Bertz CT molecular complexity index is 647. The van der Waals surface area contributed by atoms with E-state index in [0.717, 1.165) is 5.56 Å². The van der Waals surface area contributed by atoms with Gasteiger partial charge in [0.25, 0.3) is 5.91 Å². The van der Waals surface area contributed by atoms with E-state index in [1.807, 2.05) is 6.92 Å². The third-order valence-electron chi connectivity index (χ3n) is 3.01. The van der Waals surface area contributed by atoms with E-state index in [1.54, 1.807) is 18.2 Å². The van der Waals surface area contributed by atoms with Crippen molar-refractivity contribution in [2.75, 3.05) is 13.2 Å². The maximum absolute atomic E-state index is 12.8. The number of aromatic nitrogens is 1. The van der Waals surface area contributed by atoms with Crippen LogP contribution in [0.5, 0.6) is 5.75 Å². The molecule has 2 rings (SSSR count). The van der Waals surface area contributed by atoms with Gasteiger partial charge in [-0.2, -0.15) is 0 Å². The Balaban J connectivity index is 1.99. The Morgan fingerprint density at radius 1 is 1.32 bits per heavy atom. The molecule has 0 saturated heterocycles. The van der Waals surface area contributed by atoms with Crippen molar-refractivity contribution in [3.05, 3.63) is 58.6 Å². The Morgan fingerprint density at radius 3 is 2.73 bits per heavy atom. The molecular weight excluding hydrogens is 307 g/mol. The van der Waals surface area contributed by atoms with Crippen molar-refractivity contribution in [2.24, 2.45) is 0 Å². The molecular formula is C16H16ClFN2O2. The predicted octanol–water partition coefficient (Wildman–Crippen LogP) is 3.25. The molecule has 1 amide bonds. The molecule has 22 heavy (non-hydrogen) atoms. The Labute approximate surface area is 133 Å². The third kappa shape index (κ3) is 4.18. The first-order valence-electron chi connectivity index (χ1n) is 6.91. The van der Waals surface area contributed by atoms with Gasteiger partial charge in [0, 0.05) is 12.7 Å². The average molecular weight is 323 g/mol. The molecule has 0 atom stereocenters. The van der Waals surface area contributed by atoms with Gasteiger partial charge < -0.3 is 10.1 Å². The maximum Gasteiger partial charge on any atom is 0.258 e. The van der Waals surface area contributed by atoms with Crippen molar-refractivity contribution in [1.29, 1.82) is 0 Å². The number of amides is 1.